The fourth-order valence-corrected chi connectivity index (χ4v) is 8.51. The standard InChI is InChI=1S/C45H44N6O2/c1-2-3-31-49-41(52)32-44(29-15-16-30-44)43(53)50(49)33-34-25-27-35(28-26-34)39-23-13-14-24-40(39)42-46-47-48-51(42)45(36-17-7-4-8-18-36,37-19-9-5-10-20-37)38-21-11-6-12-22-38/h4-14,17-28H,2-3,15-16,29-33H2,1H3. The molecule has 0 atom stereocenters. The third-order valence-corrected chi connectivity index (χ3v) is 11.2. The van der Waals surface area contributed by atoms with Crippen molar-refractivity contribution in [2.75, 3.05) is 6.54 Å². The predicted octanol–water partition coefficient (Wildman–Crippen LogP) is 8.68. The molecule has 8 heteroatoms. The zero-order chi connectivity index (χ0) is 36.3. The lowest BCUT2D eigenvalue weighted by Crippen LogP contribution is -2.60. The summed E-state index contributed by atoms with van der Waals surface area (Å²) in [6.07, 6.45) is 5.75. The molecule has 1 aliphatic heterocycles. The molecule has 2 amide bonds. The molecule has 0 radical (unpaired) electrons. The van der Waals surface area contributed by atoms with Gasteiger partial charge in [-0.05, 0) is 63.1 Å². The average molecular weight is 701 g/mol. The Labute approximate surface area is 311 Å². The highest BCUT2D eigenvalue weighted by Gasteiger charge is 2.51. The van der Waals surface area contributed by atoms with Crippen LogP contribution in [0.1, 0.15) is 74.1 Å². The van der Waals surface area contributed by atoms with Gasteiger partial charge in [-0.3, -0.25) is 14.6 Å². The molecule has 8 rings (SSSR count). The number of carbonyl (C=O) groups is 2. The van der Waals surface area contributed by atoms with Gasteiger partial charge in [-0.25, -0.2) is 9.69 Å². The van der Waals surface area contributed by atoms with Crippen molar-refractivity contribution in [3.05, 3.63) is 162 Å². The van der Waals surface area contributed by atoms with Gasteiger partial charge in [-0.1, -0.05) is 166 Å². The number of aromatic nitrogens is 4. The molecule has 8 nitrogen and oxygen atoms in total. The quantitative estimate of drug-likeness (QED) is 0.126. The van der Waals surface area contributed by atoms with E-state index in [2.05, 4.69) is 121 Å². The smallest absolute Gasteiger partial charge is 0.248 e. The van der Waals surface area contributed by atoms with Crippen molar-refractivity contribution >= 4 is 11.8 Å². The van der Waals surface area contributed by atoms with Crippen molar-refractivity contribution in [1.29, 1.82) is 0 Å². The van der Waals surface area contributed by atoms with Crippen molar-refractivity contribution in [2.45, 2.75) is 64.0 Å². The van der Waals surface area contributed by atoms with Gasteiger partial charge in [0.2, 0.25) is 11.8 Å². The van der Waals surface area contributed by atoms with Crippen LogP contribution in [-0.2, 0) is 21.7 Å². The van der Waals surface area contributed by atoms with Crippen LogP contribution >= 0.6 is 0 Å². The Morgan fingerprint density at radius 2 is 1.21 bits per heavy atom. The number of tetrazole rings is 1. The Balaban J connectivity index is 1.19. The van der Waals surface area contributed by atoms with E-state index in [1.807, 2.05) is 35.0 Å². The molecule has 0 bridgehead atoms. The lowest BCUT2D eigenvalue weighted by Gasteiger charge is -2.46. The van der Waals surface area contributed by atoms with Crippen LogP contribution < -0.4 is 0 Å². The Hall–Kier alpha value is -5.89. The van der Waals surface area contributed by atoms with Crippen molar-refractivity contribution in [1.82, 2.24) is 30.2 Å². The summed E-state index contributed by atoms with van der Waals surface area (Å²) in [5, 5.41) is 17.3. The molecule has 0 unspecified atom stereocenters. The van der Waals surface area contributed by atoms with Gasteiger partial charge < -0.3 is 0 Å². The second-order valence-corrected chi connectivity index (χ2v) is 14.4. The molecular formula is C45H44N6O2. The van der Waals surface area contributed by atoms with E-state index in [1.54, 1.807) is 10.0 Å². The van der Waals surface area contributed by atoms with E-state index in [9.17, 15) is 9.59 Å². The molecule has 6 aromatic rings. The minimum atomic E-state index is -0.877. The van der Waals surface area contributed by atoms with Gasteiger partial charge in [0.1, 0.15) is 5.54 Å². The summed E-state index contributed by atoms with van der Waals surface area (Å²) in [5.74, 6) is 0.804. The molecule has 1 saturated carbocycles. The Bertz CT molecular complexity index is 2080. The van der Waals surface area contributed by atoms with Gasteiger partial charge in [0.25, 0.3) is 0 Å². The van der Waals surface area contributed by atoms with E-state index in [-0.39, 0.29) is 11.8 Å². The van der Waals surface area contributed by atoms with Gasteiger partial charge in [0.15, 0.2) is 5.82 Å². The summed E-state index contributed by atoms with van der Waals surface area (Å²) >= 11 is 0. The number of unbranched alkanes of at least 4 members (excludes halogenated alkanes) is 1. The highest BCUT2D eigenvalue weighted by Crippen LogP contribution is 2.47. The zero-order valence-corrected chi connectivity index (χ0v) is 30.1. The fourth-order valence-electron chi connectivity index (χ4n) is 8.51. The van der Waals surface area contributed by atoms with Gasteiger partial charge >= 0.3 is 0 Å². The molecule has 1 aromatic heterocycles. The molecule has 2 fully saturated rings. The number of nitrogens with zero attached hydrogens (tertiary/aromatic N) is 6. The minimum absolute atomic E-state index is 0.0702. The van der Waals surface area contributed by atoms with E-state index < -0.39 is 11.0 Å². The second kappa shape index (κ2) is 14.6. The van der Waals surface area contributed by atoms with Gasteiger partial charge in [0.05, 0.1) is 12.0 Å². The Kier molecular flexibility index (Phi) is 9.44. The molecule has 0 N–H and O–H groups in total. The SMILES string of the molecule is CCCCN1C(=O)CC2(CCCC2)C(=O)N1Cc1ccc(-c2ccccc2-c2nnnn2C(c2ccccc2)(c2ccccc2)c2ccccc2)cc1. The minimum Gasteiger partial charge on any atom is -0.273 e. The molecule has 5 aromatic carbocycles. The third-order valence-electron chi connectivity index (χ3n) is 11.2. The van der Waals surface area contributed by atoms with Crippen LogP contribution in [0.25, 0.3) is 22.5 Å². The molecule has 1 spiro atoms. The highest BCUT2D eigenvalue weighted by molar-refractivity contribution is 5.94. The van der Waals surface area contributed by atoms with E-state index >= 15 is 0 Å². The maximum absolute atomic E-state index is 14.1. The number of amides is 2. The van der Waals surface area contributed by atoms with Crippen molar-refractivity contribution in [3.63, 3.8) is 0 Å². The van der Waals surface area contributed by atoms with Crippen LogP contribution in [0.4, 0.5) is 0 Å². The predicted molar refractivity (Wildman–Crippen MR) is 206 cm³/mol. The number of hydrogen-bond donors (Lipinski definition) is 0. The molecule has 2 aliphatic rings. The first-order valence-corrected chi connectivity index (χ1v) is 18.8. The second-order valence-electron chi connectivity index (χ2n) is 14.4. The summed E-state index contributed by atoms with van der Waals surface area (Å²) in [5.41, 5.74) is 5.53. The van der Waals surface area contributed by atoms with Crippen LogP contribution in [0.15, 0.2) is 140 Å². The maximum atomic E-state index is 14.1. The van der Waals surface area contributed by atoms with Crippen molar-refractivity contribution in [2.24, 2.45) is 5.41 Å². The monoisotopic (exact) mass is 700 g/mol. The number of rotatable bonds is 11. The van der Waals surface area contributed by atoms with E-state index in [0.717, 1.165) is 77.5 Å². The molecular weight excluding hydrogens is 657 g/mol. The van der Waals surface area contributed by atoms with Gasteiger partial charge in [0, 0.05) is 18.5 Å². The van der Waals surface area contributed by atoms with E-state index in [0.29, 0.717) is 25.3 Å². The van der Waals surface area contributed by atoms with Crippen molar-refractivity contribution < 1.29 is 9.59 Å². The Morgan fingerprint density at radius 1 is 0.660 bits per heavy atom. The topological polar surface area (TPSA) is 84.2 Å². The van der Waals surface area contributed by atoms with Gasteiger partial charge in [-0.2, -0.15) is 0 Å². The third kappa shape index (κ3) is 6.12. The first-order valence-electron chi connectivity index (χ1n) is 18.8. The van der Waals surface area contributed by atoms with Crippen LogP contribution in [-0.4, -0.2) is 48.6 Å². The molecule has 53 heavy (non-hydrogen) atoms. The molecule has 1 aliphatic carbocycles. The lowest BCUT2D eigenvalue weighted by atomic mass is 9.77. The number of benzene rings is 5. The van der Waals surface area contributed by atoms with Crippen LogP contribution in [0.2, 0.25) is 0 Å². The summed E-state index contributed by atoms with van der Waals surface area (Å²) in [7, 11) is 0. The molecule has 1 saturated heterocycles. The fraction of sp³-hybridized carbons (Fsp3) is 0.267. The highest BCUT2D eigenvalue weighted by atomic mass is 16.2. The maximum Gasteiger partial charge on any atom is 0.248 e. The van der Waals surface area contributed by atoms with E-state index in [4.69, 9.17) is 10.3 Å². The number of hydrogen-bond acceptors (Lipinski definition) is 5. The lowest BCUT2D eigenvalue weighted by molar-refractivity contribution is -0.185. The first kappa shape index (κ1) is 34.2. The summed E-state index contributed by atoms with van der Waals surface area (Å²) in [6, 6.07) is 47.8. The molecule has 2 heterocycles. The Morgan fingerprint density at radius 3 is 1.77 bits per heavy atom. The summed E-state index contributed by atoms with van der Waals surface area (Å²) in [4.78, 5) is 27.5. The normalized spacial score (nSPS) is 15.7. The zero-order valence-electron chi connectivity index (χ0n) is 30.1. The number of carbonyl (C=O) groups excluding carboxylic acids is 2. The van der Waals surface area contributed by atoms with Crippen molar-refractivity contribution in [3.8, 4) is 22.5 Å². The van der Waals surface area contributed by atoms with Gasteiger partial charge in [-0.15, -0.1) is 5.10 Å². The van der Waals surface area contributed by atoms with Crippen LogP contribution in [0, 0.1) is 5.41 Å². The average Bonchev–Trinajstić information content (AvgIpc) is 3.90. The number of hydrazine groups is 1. The molecule has 266 valence electrons. The van der Waals surface area contributed by atoms with E-state index in [1.165, 1.54) is 0 Å². The summed E-state index contributed by atoms with van der Waals surface area (Å²) in [6.45, 7) is 3.04. The van der Waals surface area contributed by atoms with Crippen LogP contribution in [0.5, 0.6) is 0 Å². The largest absolute Gasteiger partial charge is 0.273 e. The first-order chi connectivity index (χ1) is 26.0. The van der Waals surface area contributed by atoms with Crippen LogP contribution in [0.3, 0.4) is 0 Å². The summed E-state index contributed by atoms with van der Waals surface area (Å²) < 4.78 is 1.96.